The molecule has 1 aromatic heterocycles. The van der Waals surface area contributed by atoms with Crippen LogP contribution in [0.1, 0.15) is 38.9 Å². The van der Waals surface area contributed by atoms with Gasteiger partial charge in [-0.3, -0.25) is 4.98 Å². The van der Waals surface area contributed by atoms with Crippen molar-refractivity contribution in [2.45, 2.75) is 33.3 Å². The standard InChI is InChI=1S/C14H24N2O2/c1-4-5-18-12-6-11(8-16-9-12)14(17)13(7-15)10(2)3/h6,8-10,13-14,17H,4-5,7,15H2,1-3H3. The van der Waals surface area contributed by atoms with Gasteiger partial charge in [0, 0.05) is 17.7 Å². The van der Waals surface area contributed by atoms with Gasteiger partial charge in [0.1, 0.15) is 5.75 Å². The molecule has 3 N–H and O–H groups in total. The first-order chi connectivity index (χ1) is 8.60. The van der Waals surface area contributed by atoms with Crippen LogP contribution in [0, 0.1) is 11.8 Å². The Hall–Kier alpha value is -1.13. The molecule has 0 saturated carbocycles. The summed E-state index contributed by atoms with van der Waals surface area (Å²) < 4.78 is 5.51. The highest BCUT2D eigenvalue weighted by molar-refractivity contribution is 5.25. The van der Waals surface area contributed by atoms with Crippen LogP contribution in [0.2, 0.25) is 0 Å². The lowest BCUT2D eigenvalue weighted by Gasteiger charge is -2.25. The lowest BCUT2D eigenvalue weighted by Crippen LogP contribution is -2.26. The molecule has 4 nitrogen and oxygen atoms in total. The molecule has 0 bridgehead atoms. The molecular formula is C14H24N2O2. The summed E-state index contributed by atoms with van der Waals surface area (Å²) in [4.78, 5) is 4.11. The van der Waals surface area contributed by atoms with Crippen molar-refractivity contribution >= 4 is 0 Å². The molecule has 102 valence electrons. The Labute approximate surface area is 109 Å². The van der Waals surface area contributed by atoms with E-state index in [2.05, 4.69) is 25.8 Å². The predicted octanol–water partition coefficient (Wildman–Crippen LogP) is 2.13. The van der Waals surface area contributed by atoms with Gasteiger partial charge in [-0.25, -0.2) is 0 Å². The highest BCUT2D eigenvalue weighted by atomic mass is 16.5. The van der Waals surface area contributed by atoms with E-state index in [0.717, 1.165) is 12.0 Å². The average molecular weight is 252 g/mol. The van der Waals surface area contributed by atoms with Gasteiger partial charge in [0.25, 0.3) is 0 Å². The molecule has 18 heavy (non-hydrogen) atoms. The minimum absolute atomic E-state index is 0.0354. The Morgan fingerprint density at radius 2 is 2.11 bits per heavy atom. The van der Waals surface area contributed by atoms with Gasteiger partial charge >= 0.3 is 0 Å². The third-order valence-corrected chi connectivity index (χ3v) is 3.08. The average Bonchev–Trinajstić information content (AvgIpc) is 2.37. The fourth-order valence-electron chi connectivity index (χ4n) is 1.91. The molecule has 1 rings (SSSR count). The zero-order valence-electron chi connectivity index (χ0n) is 11.5. The number of rotatable bonds is 7. The number of hydrogen-bond acceptors (Lipinski definition) is 4. The molecule has 0 radical (unpaired) electrons. The van der Waals surface area contributed by atoms with Crippen LogP contribution in [-0.4, -0.2) is 23.2 Å². The smallest absolute Gasteiger partial charge is 0.137 e. The second-order valence-electron chi connectivity index (χ2n) is 4.89. The zero-order chi connectivity index (χ0) is 13.5. The van der Waals surface area contributed by atoms with Gasteiger partial charge < -0.3 is 15.6 Å². The second-order valence-corrected chi connectivity index (χ2v) is 4.89. The highest BCUT2D eigenvalue weighted by Crippen LogP contribution is 2.28. The van der Waals surface area contributed by atoms with E-state index in [0.29, 0.717) is 24.8 Å². The molecule has 0 fully saturated rings. The number of hydrogen-bond donors (Lipinski definition) is 2. The molecule has 0 spiro atoms. The monoisotopic (exact) mass is 252 g/mol. The Morgan fingerprint density at radius 1 is 1.39 bits per heavy atom. The number of aliphatic hydroxyl groups excluding tert-OH is 1. The summed E-state index contributed by atoms with van der Waals surface area (Å²) in [7, 11) is 0. The van der Waals surface area contributed by atoms with Gasteiger partial charge in [0.15, 0.2) is 0 Å². The Bertz CT molecular complexity index is 355. The summed E-state index contributed by atoms with van der Waals surface area (Å²) in [6, 6.07) is 1.85. The minimum Gasteiger partial charge on any atom is -0.492 e. The number of pyridine rings is 1. The van der Waals surface area contributed by atoms with E-state index in [1.807, 2.05) is 6.07 Å². The van der Waals surface area contributed by atoms with E-state index >= 15 is 0 Å². The molecule has 0 aliphatic rings. The van der Waals surface area contributed by atoms with Crippen molar-refractivity contribution in [2.24, 2.45) is 17.6 Å². The molecule has 1 aromatic rings. The zero-order valence-corrected chi connectivity index (χ0v) is 11.5. The molecule has 0 amide bonds. The van der Waals surface area contributed by atoms with E-state index in [1.165, 1.54) is 0 Å². The molecule has 0 aliphatic carbocycles. The molecule has 0 aromatic carbocycles. The van der Waals surface area contributed by atoms with Crippen LogP contribution in [0.5, 0.6) is 5.75 Å². The van der Waals surface area contributed by atoms with Crippen LogP contribution in [-0.2, 0) is 0 Å². The Balaban J connectivity index is 2.81. The molecule has 0 saturated heterocycles. The maximum atomic E-state index is 10.3. The Morgan fingerprint density at radius 3 is 2.67 bits per heavy atom. The van der Waals surface area contributed by atoms with Gasteiger partial charge in [0.05, 0.1) is 18.9 Å². The first-order valence-corrected chi connectivity index (χ1v) is 6.56. The van der Waals surface area contributed by atoms with E-state index < -0.39 is 6.10 Å². The van der Waals surface area contributed by atoms with Crippen molar-refractivity contribution in [3.8, 4) is 5.75 Å². The van der Waals surface area contributed by atoms with Crippen LogP contribution in [0.3, 0.4) is 0 Å². The molecule has 1 heterocycles. The first-order valence-electron chi connectivity index (χ1n) is 6.56. The van der Waals surface area contributed by atoms with Crippen molar-refractivity contribution in [1.82, 2.24) is 4.98 Å². The summed E-state index contributed by atoms with van der Waals surface area (Å²) >= 11 is 0. The second kappa shape index (κ2) is 7.34. The summed E-state index contributed by atoms with van der Waals surface area (Å²) in [5.41, 5.74) is 6.49. The number of nitrogens with two attached hydrogens (primary N) is 1. The van der Waals surface area contributed by atoms with Crippen molar-refractivity contribution < 1.29 is 9.84 Å². The highest BCUT2D eigenvalue weighted by Gasteiger charge is 2.23. The topological polar surface area (TPSA) is 68.4 Å². The molecular weight excluding hydrogens is 228 g/mol. The third kappa shape index (κ3) is 3.96. The van der Waals surface area contributed by atoms with Crippen LogP contribution >= 0.6 is 0 Å². The van der Waals surface area contributed by atoms with Crippen molar-refractivity contribution in [2.75, 3.05) is 13.2 Å². The lowest BCUT2D eigenvalue weighted by molar-refractivity contribution is 0.0855. The number of aromatic nitrogens is 1. The summed E-state index contributed by atoms with van der Waals surface area (Å²) in [5, 5.41) is 10.3. The van der Waals surface area contributed by atoms with Crippen LogP contribution in [0.25, 0.3) is 0 Å². The lowest BCUT2D eigenvalue weighted by atomic mass is 9.87. The van der Waals surface area contributed by atoms with Gasteiger partial charge in [-0.15, -0.1) is 0 Å². The maximum Gasteiger partial charge on any atom is 0.137 e. The Kier molecular flexibility index (Phi) is 6.09. The first kappa shape index (κ1) is 14.9. The maximum absolute atomic E-state index is 10.3. The van der Waals surface area contributed by atoms with Crippen LogP contribution in [0.4, 0.5) is 0 Å². The van der Waals surface area contributed by atoms with Gasteiger partial charge in [-0.2, -0.15) is 0 Å². The van der Waals surface area contributed by atoms with E-state index in [4.69, 9.17) is 10.5 Å². The van der Waals surface area contributed by atoms with Gasteiger partial charge in [-0.1, -0.05) is 20.8 Å². The normalized spacial score (nSPS) is 14.6. The van der Waals surface area contributed by atoms with E-state index in [9.17, 15) is 5.11 Å². The number of ether oxygens (including phenoxy) is 1. The summed E-state index contributed by atoms with van der Waals surface area (Å²) in [6.07, 6.45) is 3.70. The fourth-order valence-corrected chi connectivity index (χ4v) is 1.91. The summed E-state index contributed by atoms with van der Waals surface area (Å²) in [5.74, 6) is 1.06. The fraction of sp³-hybridized carbons (Fsp3) is 0.643. The van der Waals surface area contributed by atoms with Crippen LogP contribution < -0.4 is 10.5 Å². The molecule has 2 unspecified atom stereocenters. The van der Waals surface area contributed by atoms with Gasteiger partial charge in [-0.05, 0) is 24.9 Å². The van der Waals surface area contributed by atoms with Crippen molar-refractivity contribution in [3.05, 3.63) is 24.0 Å². The SMILES string of the molecule is CCCOc1cncc(C(O)C(CN)C(C)C)c1. The number of aliphatic hydroxyl groups is 1. The quantitative estimate of drug-likeness (QED) is 0.780. The van der Waals surface area contributed by atoms with E-state index in [-0.39, 0.29) is 5.92 Å². The third-order valence-electron chi connectivity index (χ3n) is 3.08. The van der Waals surface area contributed by atoms with Crippen LogP contribution in [0.15, 0.2) is 18.5 Å². The van der Waals surface area contributed by atoms with E-state index in [1.54, 1.807) is 12.4 Å². The molecule has 4 heteroatoms. The van der Waals surface area contributed by atoms with Crippen molar-refractivity contribution in [1.29, 1.82) is 0 Å². The molecule has 2 atom stereocenters. The number of nitrogens with zero attached hydrogens (tertiary/aromatic N) is 1. The van der Waals surface area contributed by atoms with Gasteiger partial charge in [0.2, 0.25) is 0 Å². The minimum atomic E-state index is -0.590. The largest absolute Gasteiger partial charge is 0.492 e. The van der Waals surface area contributed by atoms with Crippen molar-refractivity contribution in [3.63, 3.8) is 0 Å². The summed E-state index contributed by atoms with van der Waals surface area (Å²) in [6.45, 7) is 7.29. The molecule has 0 aliphatic heterocycles. The predicted molar refractivity (Wildman–Crippen MR) is 72.4 cm³/mol.